The lowest BCUT2D eigenvalue weighted by atomic mass is 9.96. The van der Waals surface area contributed by atoms with Gasteiger partial charge in [0.25, 0.3) is 0 Å². The van der Waals surface area contributed by atoms with E-state index < -0.39 is 0 Å². The predicted octanol–water partition coefficient (Wildman–Crippen LogP) is 4.70. The van der Waals surface area contributed by atoms with Crippen LogP contribution in [0.25, 0.3) is 10.9 Å². The standard InChI is InChI=1S/C23H25N3O3/c1-15(16-6-4-3-5-7-16)26-23-19-12-22(29-18-10-8-17(27)9-11-18)21(28-2)13-20(19)24-14-25-23/h3-7,12-15,18H,8-11H2,1-2H3,(H,24,25,26)/t15-/m1/s1. The highest BCUT2D eigenvalue weighted by Crippen LogP contribution is 2.36. The largest absolute Gasteiger partial charge is 0.493 e. The van der Waals surface area contributed by atoms with E-state index in [1.54, 1.807) is 13.4 Å². The predicted molar refractivity (Wildman–Crippen MR) is 112 cm³/mol. The Kier molecular flexibility index (Phi) is 5.60. The van der Waals surface area contributed by atoms with E-state index in [2.05, 4.69) is 34.3 Å². The quantitative estimate of drug-likeness (QED) is 0.656. The van der Waals surface area contributed by atoms with E-state index >= 15 is 0 Å². The molecule has 1 heterocycles. The van der Waals surface area contributed by atoms with Gasteiger partial charge in [0.2, 0.25) is 0 Å². The molecule has 1 N–H and O–H groups in total. The average Bonchev–Trinajstić information content (AvgIpc) is 2.76. The zero-order valence-electron chi connectivity index (χ0n) is 16.7. The molecule has 0 amide bonds. The molecule has 2 aromatic carbocycles. The van der Waals surface area contributed by atoms with Gasteiger partial charge in [0.05, 0.1) is 18.7 Å². The maximum Gasteiger partial charge on any atom is 0.162 e. The Morgan fingerprint density at radius 3 is 2.55 bits per heavy atom. The average molecular weight is 391 g/mol. The third-order valence-corrected chi connectivity index (χ3v) is 5.36. The molecule has 1 aliphatic carbocycles. The summed E-state index contributed by atoms with van der Waals surface area (Å²) in [5.41, 5.74) is 1.96. The van der Waals surface area contributed by atoms with Crippen LogP contribution in [-0.2, 0) is 4.79 Å². The van der Waals surface area contributed by atoms with Crippen molar-refractivity contribution in [3.63, 3.8) is 0 Å². The van der Waals surface area contributed by atoms with E-state index in [1.165, 1.54) is 5.56 Å². The molecule has 1 fully saturated rings. The van der Waals surface area contributed by atoms with Crippen molar-refractivity contribution in [1.82, 2.24) is 9.97 Å². The van der Waals surface area contributed by atoms with Crippen molar-refractivity contribution in [1.29, 1.82) is 0 Å². The first-order chi connectivity index (χ1) is 14.1. The van der Waals surface area contributed by atoms with Crippen molar-refractivity contribution in [2.45, 2.75) is 44.8 Å². The first-order valence-electron chi connectivity index (χ1n) is 9.96. The van der Waals surface area contributed by atoms with Gasteiger partial charge in [-0.3, -0.25) is 4.79 Å². The van der Waals surface area contributed by atoms with Crippen LogP contribution in [0.4, 0.5) is 5.82 Å². The number of nitrogens with one attached hydrogen (secondary N) is 1. The molecule has 0 radical (unpaired) electrons. The molecule has 0 unspecified atom stereocenters. The first kappa shape index (κ1) is 19.2. The van der Waals surface area contributed by atoms with E-state index in [4.69, 9.17) is 9.47 Å². The normalized spacial score (nSPS) is 15.9. The molecule has 1 atom stereocenters. The van der Waals surface area contributed by atoms with Crippen LogP contribution in [0.1, 0.15) is 44.2 Å². The summed E-state index contributed by atoms with van der Waals surface area (Å²) in [7, 11) is 1.62. The summed E-state index contributed by atoms with van der Waals surface area (Å²) in [5.74, 6) is 2.35. The van der Waals surface area contributed by atoms with Gasteiger partial charge in [-0.25, -0.2) is 9.97 Å². The number of nitrogens with zero attached hydrogens (tertiary/aromatic N) is 2. The van der Waals surface area contributed by atoms with Crippen LogP contribution >= 0.6 is 0 Å². The van der Waals surface area contributed by atoms with Crippen molar-refractivity contribution >= 4 is 22.5 Å². The molecule has 3 aromatic rings. The van der Waals surface area contributed by atoms with Gasteiger partial charge in [-0.1, -0.05) is 30.3 Å². The van der Waals surface area contributed by atoms with Crippen LogP contribution in [0.3, 0.4) is 0 Å². The molecular formula is C23H25N3O3. The van der Waals surface area contributed by atoms with Gasteiger partial charge < -0.3 is 14.8 Å². The number of Topliss-reactive ketones (excluding diaryl/α,β-unsaturated/α-hetero) is 1. The Balaban J connectivity index is 1.64. The SMILES string of the molecule is COc1cc2ncnc(N[C@H](C)c3ccccc3)c2cc1OC1CCC(=O)CC1. The summed E-state index contributed by atoms with van der Waals surface area (Å²) in [6.45, 7) is 2.10. The molecule has 0 saturated heterocycles. The zero-order valence-corrected chi connectivity index (χ0v) is 16.7. The first-order valence-corrected chi connectivity index (χ1v) is 9.96. The minimum atomic E-state index is 0.0170. The molecule has 0 bridgehead atoms. The number of aromatic nitrogens is 2. The number of fused-ring (bicyclic) bond motifs is 1. The van der Waals surface area contributed by atoms with E-state index in [-0.39, 0.29) is 12.1 Å². The second kappa shape index (κ2) is 8.47. The monoisotopic (exact) mass is 391 g/mol. The number of carbonyl (C=O) groups is 1. The van der Waals surface area contributed by atoms with Crippen molar-refractivity contribution in [2.75, 3.05) is 12.4 Å². The number of rotatable bonds is 6. The smallest absolute Gasteiger partial charge is 0.162 e. The highest BCUT2D eigenvalue weighted by atomic mass is 16.5. The van der Waals surface area contributed by atoms with Gasteiger partial charge in [-0.2, -0.15) is 0 Å². The number of anilines is 1. The highest BCUT2D eigenvalue weighted by molar-refractivity contribution is 5.91. The van der Waals surface area contributed by atoms with Gasteiger partial charge in [0.1, 0.15) is 17.9 Å². The molecule has 1 saturated carbocycles. The van der Waals surface area contributed by atoms with Crippen molar-refractivity contribution in [3.8, 4) is 11.5 Å². The highest BCUT2D eigenvalue weighted by Gasteiger charge is 2.22. The fraction of sp³-hybridized carbons (Fsp3) is 0.348. The molecule has 1 aromatic heterocycles. The molecule has 6 nitrogen and oxygen atoms in total. The topological polar surface area (TPSA) is 73.3 Å². The van der Waals surface area contributed by atoms with E-state index in [0.717, 1.165) is 29.6 Å². The lowest BCUT2D eigenvalue weighted by molar-refractivity contribution is -0.121. The second-order valence-electron chi connectivity index (χ2n) is 7.38. The summed E-state index contributed by atoms with van der Waals surface area (Å²) in [6.07, 6.45) is 4.19. The molecule has 4 rings (SSSR count). The van der Waals surface area contributed by atoms with E-state index in [0.29, 0.717) is 30.1 Å². The third-order valence-electron chi connectivity index (χ3n) is 5.36. The lowest BCUT2D eigenvalue weighted by Crippen LogP contribution is -2.24. The van der Waals surface area contributed by atoms with Crippen LogP contribution in [0.5, 0.6) is 11.5 Å². The van der Waals surface area contributed by atoms with Crippen LogP contribution in [0, 0.1) is 0 Å². The fourth-order valence-corrected chi connectivity index (χ4v) is 3.67. The lowest BCUT2D eigenvalue weighted by Gasteiger charge is -2.24. The van der Waals surface area contributed by atoms with Gasteiger partial charge in [0, 0.05) is 30.3 Å². The number of methoxy groups -OCH3 is 1. The molecule has 0 spiro atoms. The molecule has 150 valence electrons. The molecular weight excluding hydrogens is 366 g/mol. The van der Waals surface area contributed by atoms with Crippen LogP contribution in [-0.4, -0.2) is 29.0 Å². The van der Waals surface area contributed by atoms with Crippen molar-refractivity contribution in [2.24, 2.45) is 0 Å². The van der Waals surface area contributed by atoms with Crippen LogP contribution in [0.15, 0.2) is 48.8 Å². The number of hydrogen-bond acceptors (Lipinski definition) is 6. The zero-order chi connectivity index (χ0) is 20.2. The van der Waals surface area contributed by atoms with Gasteiger partial charge in [-0.05, 0) is 31.4 Å². The summed E-state index contributed by atoms with van der Waals surface area (Å²) in [5, 5.41) is 4.36. The summed E-state index contributed by atoms with van der Waals surface area (Å²) < 4.78 is 11.8. The van der Waals surface area contributed by atoms with Gasteiger partial charge in [-0.15, -0.1) is 0 Å². The van der Waals surface area contributed by atoms with Gasteiger partial charge in [0.15, 0.2) is 11.5 Å². The maximum atomic E-state index is 11.5. The maximum absolute atomic E-state index is 11.5. The second-order valence-corrected chi connectivity index (χ2v) is 7.38. The van der Waals surface area contributed by atoms with Crippen molar-refractivity contribution < 1.29 is 14.3 Å². The number of ether oxygens (including phenoxy) is 2. The Labute approximate surface area is 170 Å². The molecule has 29 heavy (non-hydrogen) atoms. The van der Waals surface area contributed by atoms with Crippen LogP contribution in [0.2, 0.25) is 0 Å². The number of carbonyl (C=O) groups excluding carboxylic acids is 1. The van der Waals surface area contributed by atoms with Gasteiger partial charge >= 0.3 is 0 Å². The summed E-state index contributed by atoms with van der Waals surface area (Å²) in [4.78, 5) is 20.4. The third kappa shape index (κ3) is 4.31. The fourth-order valence-electron chi connectivity index (χ4n) is 3.67. The minimum Gasteiger partial charge on any atom is -0.493 e. The Morgan fingerprint density at radius 2 is 1.83 bits per heavy atom. The van der Waals surface area contributed by atoms with E-state index in [1.807, 2.05) is 30.3 Å². The molecule has 6 heteroatoms. The number of benzene rings is 2. The Morgan fingerprint density at radius 1 is 1.07 bits per heavy atom. The molecule has 1 aliphatic rings. The number of hydrogen-bond donors (Lipinski definition) is 1. The Hall–Kier alpha value is -3.15. The summed E-state index contributed by atoms with van der Waals surface area (Å²) >= 11 is 0. The van der Waals surface area contributed by atoms with E-state index in [9.17, 15) is 4.79 Å². The summed E-state index contributed by atoms with van der Waals surface area (Å²) in [6, 6.07) is 14.1. The van der Waals surface area contributed by atoms with Crippen molar-refractivity contribution in [3.05, 3.63) is 54.4 Å². The number of ketones is 1. The Bertz CT molecular complexity index is 997. The molecule has 0 aliphatic heterocycles. The minimum absolute atomic E-state index is 0.0170. The van der Waals surface area contributed by atoms with Crippen LogP contribution < -0.4 is 14.8 Å².